The van der Waals surface area contributed by atoms with E-state index < -0.39 is 0 Å². The number of rotatable bonds is 1. The molecule has 2 aromatic rings. The lowest BCUT2D eigenvalue weighted by atomic mass is 10.0. The first-order chi connectivity index (χ1) is 7.59. The highest BCUT2D eigenvalue weighted by atomic mass is 79.9. The molecule has 0 fully saturated rings. The maximum atomic E-state index is 13.9. The second kappa shape index (κ2) is 4.56. The highest BCUT2D eigenvalue weighted by Gasteiger charge is 2.11. The Bertz CT molecular complexity index is 520. The van der Waals surface area contributed by atoms with E-state index >= 15 is 0 Å². The van der Waals surface area contributed by atoms with Gasteiger partial charge in [-0.1, -0.05) is 47.5 Å². The van der Waals surface area contributed by atoms with Crippen LogP contribution in [0.15, 0.2) is 40.9 Å². The molecule has 0 radical (unpaired) electrons. The van der Waals surface area contributed by atoms with Crippen molar-refractivity contribution in [1.29, 1.82) is 0 Å². The van der Waals surface area contributed by atoms with Gasteiger partial charge in [0.15, 0.2) is 5.82 Å². The molecular weight excluding hydrogens is 290 g/mol. The van der Waals surface area contributed by atoms with E-state index in [-0.39, 0.29) is 10.8 Å². The molecule has 0 nitrogen and oxygen atoms in total. The van der Waals surface area contributed by atoms with E-state index in [1.807, 2.05) is 31.2 Å². The van der Waals surface area contributed by atoms with Gasteiger partial charge in [0.2, 0.25) is 0 Å². The molecule has 0 bridgehead atoms. The second-order valence-corrected chi connectivity index (χ2v) is 4.82. The molecule has 0 heterocycles. The highest BCUT2D eigenvalue weighted by molar-refractivity contribution is 9.10. The van der Waals surface area contributed by atoms with E-state index in [9.17, 15) is 4.39 Å². The van der Waals surface area contributed by atoms with Crippen molar-refractivity contribution in [2.75, 3.05) is 0 Å². The van der Waals surface area contributed by atoms with Crippen LogP contribution < -0.4 is 0 Å². The zero-order valence-electron chi connectivity index (χ0n) is 8.60. The summed E-state index contributed by atoms with van der Waals surface area (Å²) in [7, 11) is 0. The molecule has 2 rings (SSSR count). The SMILES string of the molecule is Cc1ccc(-c2ccc(Br)c(Cl)c2F)cc1. The molecule has 0 saturated carbocycles. The van der Waals surface area contributed by atoms with Gasteiger partial charge in [-0.3, -0.25) is 0 Å². The lowest BCUT2D eigenvalue weighted by Gasteiger charge is -2.06. The predicted octanol–water partition coefficient (Wildman–Crippen LogP) is 5.22. The molecule has 0 N–H and O–H groups in total. The standard InChI is InChI=1S/C13H9BrClF/c1-8-2-4-9(5-3-8)10-6-7-11(14)12(15)13(10)16/h2-7H,1H3. The Morgan fingerprint density at radius 3 is 2.31 bits per heavy atom. The minimum Gasteiger partial charge on any atom is -0.205 e. The summed E-state index contributed by atoms with van der Waals surface area (Å²) in [4.78, 5) is 0. The highest BCUT2D eigenvalue weighted by Crippen LogP contribution is 2.32. The van der Waals surface area contributed by atoms with Gasteiger partial charge >= 0.3 is 0 Å². The van der Waals surface area contributed by atoms with Crippen molar-refractivity contribution < 1.29 is 4.39 Å². The van der Waals surface area contributed by atoms with Gasteiger partial charge in [0, 0.05) is 10.0 Å². The summed E-state index contributed by atoms with van der Waals surface area (Å²) in [5.41, 5.74) is 2.50. The Labute approximate surface area is 107 Å². The third-order valence-corrected chi connectivity index (χ3v) is 3.66. The van der Waals surface area contributed by atoms with E-state index in [4.69, 9.17) is 11.6 Å². The van der Waals surface area contributed by atoms with Crippen molar-refractivity contribution in [3.63, 3.8) is 0 Å². The molecule has 82 valence electrons. The minimum atomic E-state index is -0.389. The molecule has 3 heteroatoms. The Morgan fingerprint density at radius 1 is 1.06 bits per heavy atom. The molecule has 0 spiro atoms. The van der Waals surface area contributed by atoms with E-state index in [0.717, 1.165) is 11.1 Å². The topological polar surface area (TPSA) is 0 Å². The maximum absolute atomic E-state index is 13.9. The van der Waals surface area contributed by atoms with E-state index in [1.54, 1.807) is 12.1 Å². The number of hydrogen-bond acceptors (Lipinski definition) is 0. The zero-order valence-corrected chi connectivity index (χ0v) is 10.9. The van der Waals surface area contributed by atoms with Crippen LogP contribution in [-0.4, -0.2) is 0 Å². The van der Waals surface area contributed by atoms with Crippen LogP contribution in [0.1, 0.15) is 5.56 Å². The van der Waals surface area contributed by atoms with E-state index in [0.29, 0.717) is 10.0 Å². The van der Waals surface area contributed by atoms with Crippen LogP contribution >= 0.6 is 27.5 Å². The molecule has 0 atom stereocenters. The zero-order chi connectivity index (χ0) is 11.7. The van der Waals surface area contributed by atoms with Crippen molar-refractivity contribution in [1.82, 2.24) is 0 Å². The Morgan fingerprint density at radius 2 is 1.69 bits per heavy atom. The Hall–Kier alpha value is -0.860. The normalized spacial score (nSPS) is 10.5. The molecule has 0 aliphatic heterocycles. The summed E-state index contributed by atoms with van der Waals surface area (Å²) < 4.78 is 14.5. The predicted molar refractivity (Wildman–Crippen MR) is 69.3 cm³/mol. The Balaban J connectivity index is 2.57. The van der Waals surface area contributed by atoms with Crippen LogP contribution in [0.25, 0.3) is 11.1 Å². The van der Waals surface area contributed by atoms with Gasteiger partial charge in [-0.25, -0.2) is 4.39 Å². The molecule has 0 saturated heterocycles. The van der Waals surface area contributed by atoms with E-state index in [1.165, 1.54) is 0 Å². The molecule has 0 aliphatic carbocycles. The average Bonchev–Trinajstić information content (AvgIpc) is 2.28. The first kappa shape index (κ1) is 11.6. The van der Waals surface area contributed by atoms with Gasteiger partial charge in [0.05, 0.1) is 5.02 Å². The number of halogens is 3. The fourth-order valence-corrected chi connectivity index (χ4v) is 1.95. The summed E-state index contributed by atoms with van der Waals surface area (Å²) in [6, 6.07) is 11.1. The van der Waals surface area contributed by atoms with Gasteiger partial charge in [-0.15, -0.1) is 0 Å². The summed E-state index contributed by atoms with van der Waals surface area (Å²) in [6.07, 6.45) is 0. The summed E-state index contributed by atoms with van der Waals surface area (Å²) >= 11 is 9.03. The molecule has 2 aromatic carbocycles. The fourth-order valence-electron chi connectivity index (χ4n) is 1.48. The van der Waals surface area contributed by atoms with Gasteiger partial charge in [0.1, 0.15) is 0 Å². The second-order valence-electron chi connectivity index (χ2n) is 3.59. The number of hydrogen-bond donors (Lipinski definition) is 0. The van der Waals surface area contributed by atoms with Crippen molar-refractivity contribution in [2.45, 2.75) is 6.92 Å². The molecule has 0 aromatic heterocycles. The van der Waals surface area contributed by atoms with Crippen LogP contribution in [-0.2, 0) is 0 Å². The van der Waals surface area contributed by atoms with Gasteiger partial charge in [-0.2, -0.15) is 0 Å². The molecule has 0 unspecified atom stereocenters. The largest absolute Gasteiger partial charge is 0.205 e. The van der Waals surface area contributed by atoms with Crippen LogP contribution in [0, 0.1) is 12.7 Å². The van der Waals surface area contributed by atoms with Crippen LogP contribution in [0.5, 0.6) is 0 Å². The lowest BCUT2D eigenvalue weighted by Crippen LogP contribution is -1.87. The summed E-state index contributed by atoms with van der Waals surface area (Å²) in [5.74, 6) is -0.389. The summed E-state index contributed by atoms with van der Waals surface area (Å²) in [6.45, 7) is 1.99. The molecular formula is C13H9BrClF. The number of benzene rings is 2. The van der Waals surface area contributed by atoms with Gasteiger partial charge < -0.3 is 0 Å². The van der Waals surface area contributed by atoms with Crippen LogP contribution in [0.3, 0.4) is 0 Å². The summed E-state index contributed by atoms with van der Waals surface area (Å²) in [5, 5.41) is 0.123. The van der Waals surface area contributed by atoms with Crippen LogP contribution in [0.2, 0.25) is 5.02 Å². The fraction of sp³-hybridized carbons (Fsp3) is 0.0769. The molecule has 0 aliphatic rings. The minimum absolute atomic E-state index is 0.123. The first-order valence-corrected chi connectivity index (χ1v) is 5.97. The van der Waals surface area contributed by atoms with Crippen molar-refractivity contribution >= 4 is 27.5 Å². The van der Waals surface area contributed by atoms with Gasteiger partial charge in [-0.05, 0) is 34.5 Å². The third kappa shape index (κ3) is 2.13. The maximum Gasteiger partial charge on any atom is 0.150 e. The molecule has 16 heavy (non-hydrogen) atoms. The number of aryl methyl sites for hydroxylation is 1. The quantitative estimate of drug-likeness (QED) is 0.634. The van der Waals surface area contributed by atoms with Gasteiger partial charge in [0.25, 0.3) is 0 Å². The average molecular weight is 300 g/mol. The van der Waals surface area contributed by atoms with E-state index in [2.05, 4.69) is 15.9 Å². The molecule has 0 amide bonds. The van der Waals surface area contributed by atoms with Crippen molar-refractivity contribution in [3.8, 4) is 11.1 Å². The smallest absolute Gasteiger partial charge is 0.150 e. The first-order valence-electron chi connectivity index (χ1n) is 4.80. The monoisotopic (exact) mass is 298 g/mol. The Kier molecular flexibility index (Phi) is 3.31. The van der Waals surface area contributed by atoms with Crippen LogP contribution in [0.4, 0.5) is 4.39 Å². The third-order valence-electron chi connectivity index (χ3n) is 2.40. The van der Waals surface area contributed by atoms with Crippen molar-refractivity contribution in [3.05, 3.63) is 57.3 Å². The lowest BCUT2D eigenvalue weighted by molar-refractivity contribution is 0.631. The van der Waals surface area contributed by atoms with Crippen molar-refractivity contribution in [2.24, 2.45) is 0 Å².